The molecule has 0 fully saturated rings. The van der Waals surface area contributed by atoms with E-state index in [4.69, 9.17) is 0 Å². The van der Waals surface area contributed by atoms with Gasteiger partial charge in [-0.3, -0.25) is 4.79 Å². The molecule has 0 saturated carbocycles. The molecular weight excluding hydrogens is 222 g/mol. The van der Waals surface area contributed by atoms with Crippen LogP contribution < -0.4 is 0 Å². The Bertz CT molecular complexity index is 436. The summed E-state index contributed by atoms with van der Waals surface area (Å²) in [6.07, 6.45) is 4.08. The summed E-state index contributed by atoms with van der Waals surface area (Å²) in [6.45, 7) is 5.69. The van der Waals surface area contributed by atoms with Crippen molar-refractivity contribution in [3.05, 3.63) is 42.0 Å². The largest absolute Gasteiger partial charge is 0.338 e. The van der Waals surface area contributed by atoms with E-state index in [0.717, 1.165) is 25.9 Å². The van der Waals surface area contributed by atoms with E-state index in [-0.39, 0.29) is 5.92 Å². The van der Waals surface area contributed by atoms with Crippen LogP contribution in [-0.2, 0) is 4.79 Å². The molecule has 2 rings (SSSR count). The lowest BCUT2D eigenvalue weighted by Gasteiger charge is -2.28. The molecule has 1 aliphatic heterocycles. The molecule has 18 heavy (non-hydrogen) atoms. The molecule has 1 unspecified atom stereocenters. The van der Waals surface area contributed by atoms with E-state index < -0.39 is 0 Å². The lowest BCUT2D eigenvalue weighted by atomic mass is 9.98. The smallest absolute Gasteiger partial charge is 0.225 e. The highest BCUT2D eigenvalue weighted by molar-refractivity contribution is 5.80. The summed E-state index contributed by atoms with van der Waals surface area (Å²) < 4.78 is 0. The van der Waals surface area contributed by atoms with Crippen LogP contribution in [0.2, 0.25) is 0 Å². The number of hydrogen-bond acceptors (Lipinski definition) is 1. The first kappa shape index (κ1) is 12.9. The minimum absolute atomic E-state index is 0.150. The zero-order chi connectivity index (χ0) is 13.0. The Morgan fingerprint density at radius 1 is 1.33 bits per heavy atom. The summed E-state index contributed by atoms with van der Waals surface area (Å²) in [4.78, 5) is 14.0. The number of amides is 1. The second-order valence-electron chi connectivity index (χ2n) is 4.94. The van der Waals surface area contributed by atoms with Gasteiger partial charge in [-0.1, -0.05) is 50.3 Å². The van der Waals surface area contributed by atoms with Crippen LogP contribution in [0.25, 0.3) is 5.57 Å². The van der Waals surface area contributed by atoms with Gasteiger partial charge in [0.1, 0.15) is 0 Å². The number of carbonyl (C=O) groups is 1. The standard InChI is InChI=1S/C16H21NO/c1-3-13(2)16(18)17-11-9-15(10-12-17)14-7-5-4-6-8-14/h4-9,13H,3,10-12H2,1-2H3. The monoisotopic (exact) mass is 243 g/mol. The highest BCUT2D eigenvalue weighted by Crippen LogP contribution is 2.23. The summed E-state index contributed by atoms with van der Waals surface area (Å²) in [7, 11) is 0. The molecule has 1 aromatic rings. The van der Waals surface area contributed by atoms with Crippen LogP contribution in [0.5, 0.6) is 0 Å². The van der Waals surface area contributed by atoms with E-state index in [9.17, 15) is 4.79 Å². The minimum Gasteiger partial charge on any atom is -0.338 e. The molecule has 0 radical (unpaired) electrons. The molecule has 1 atom stereocenters. The molecule has 0 spiro atoms. The summed E-state index contributed by atoms with van der Waals surface area (Å²) in [6, 6.07) is 10.4. The average Bonchev–Trinajstić information content (AvgIpc) is 2.47. The molecule has 2 heteroatoms. The van der Waals surface area contributed by atoms with Gasteiger partial charge in [0, 0.05) is 19.0 Å². The lowest BCUT2D eigenvalue weighted by Crippen LogP contribution is -2.37. The van der Waals surface area contributed by atoms with Crippen LogP contribution >= 0.6 is 0 Å². The van der Waals surface area contributed by atoms with Crippen molar-refractivity contribution in [2.45, 2.75) is 26.7 Å². The van der Waals surface area contributed by atoms with Crippen molar-refractivity contribution < 1.29 is 4.79 Å². The zero-order valence-corrected chi connectivity index (χ0v) is 11.2. The molecular formula is C16H21NO. The number of hydrogen-bond donors (Lipinski definition) is 0. The molecule has 1 heterocycles. The van der Waals surface area contributed by atoms with Crippen molar-refractivity contribution in [2.75, 3.05) is 13.1 Å². The molecule has 0 aliphatic carbocycles. The average molecular weight is 243 g/mol. The Kier molecular flexibility index (Phi) is 4.19. The molecule has 1 aromatic carbocycles. The van der Waals surface area contributed by atoms with Gasteiger partial charge in [-0.25, -0.2) is 0 Å². The maximum atomic E-state index is 12.1. The predicted octanol–water partition coefficient (Wildman–Crippen LogP) is 3.35. The third kappa shape index (κ3) is 2.81. The van der Waals surface area contributed by atoms with E-state index >= 15 is 0 Å². The third-order valence-electron chi connectivity index (χ3n) is 3.70. The first-order chi connectivity index (χ1) is 8.72. The van der Waals surface area contributed by atoms with Gasteiger partial charge in [0.25, 0.3) is 0 Å². The van der Waals surface area contributed by atoms with Gasteiger partial charge >= 0.3 is 0 Å². The zero-order valence-electron chi connectivity index (χ0n) is 11.2. The molecule has 96 valence electrons. The van der Waals surface area contributed by atoms with Gasteiger partial charge in [0.2, 0.25) is 5.91 Å². The van der Waals surface area contributed by atoms with Gasteiger partial charge in [0.15, 0.2) is 0 Å². The van der Waals surface area contributed by atoms with Gasteiger partial charge in [-0.05, 0) is 24.0 Å². The first-order valence-electron chi connectivity index (χ1n) is 6.75. The number of nitrogens with zero attached hydrogens (tertiary/aromatic N) is 1. The molecule has 0 N–H and O–H groups in total. The van der Waals surface area contributed by atoms with Crippen molar-refractivity contribution in [3.8, 4) is 0 Å². The van der Waals surface area contributed by atoms with Gasteiger partial charge in [-0.2, -0.15) is 0 Å². The molecule has 0 bridgehead atoms. The Morgan fingerprint density at radius 3 is 2.61 bits per heavy atom. The second kappa shape index (κ2) is 5.85. The van der Waals surface area contributed by atoms with Gasteiger partial charge in [-0.15, -0.1) is 0 Å². The normalized spacial score (nSPS) is 17.2. The van der Waals surface area contributed by atoms with Crippen LogP contribution in [0, 0.1) is 5.92 Å². The molecule has 2 nitrogen and oxygen atoms in total. The van der Waals surface area contributed by atoms with Crippen molar-refractivity contribution in [1.29, 1.82) is 0 Å². The fraction of sp³-hybridized carbons (Fsp3) is 0.438. The summed E-state index contributed by atoms with van der Waals surface area (Å²) >= 11 is 0. The Labute approximate surface area is 109 Å². The van der Waals surface area contributed by atoms with Crippen LogP contribution in [0.3, 0.4) is 0 Å². The Hall–Kier alpha value is -1.57. The SMILES string of the molecule is CCC(C)C(=O)N1CC=C(c2ccccc2)CC1. The van der Waals surface area contributed by atoms with E-state index in [1.165, 1.54) is 11.1 Å². The number of carbonyl (C=O) groups excluding carboxylic acids is 1. The minimum atomic E-state index is 0.150. The Morgan fingerprint density at radius 2 is 2.06 bits per heavy atom. The van der Waals surface area contributed by atoms with Crippen molar-refractivity contribution in [2.24, 2.45) is 5.92 Å². The fourth-order valence-corrected chi connectivity index (χ4v) is 2.27. The fourth-order valence-electron chi connectivity index (χ4n) is 2.27. The van der Waals surface area contributed by atoms with Gasteiger partial charge in [0.05, 0.1) is 0 Å². The maximum absolute atomic E-state index is 12.1. The molecule has 0 saturated heterocycles. The van der Waals surface area contributed by atoms with E-state index in [2.05, 4.69) is 37.3 Å². The van der Waals surface area contributed by atoms with Crippen molar-refractivity contribution in [1.82, 2.24) is 4.90 Å². The van der Waals surface area contributed by atoms with Crippen LogP contribution in [0.4, 0.5) is 0 Å². The van der Waals surface area contributed by atoms with Crippen molar-refractivity contribution >= 4 is 11.5 Å². The highest BCUT2D eigenvalue weighted by Gasteiger charge is 2.21. The Balaban J connectivity index is 2.02. The predicted molar refractivity (Wildman–Crippen MR) is 75.1 cm³/mol. The van der Waals surface area contributed by atoms with Crippen LogP contribution in [-0.4, -0.2) is 23.9 Å². The highest BCUT2D eigenvalue weighted by atomic mass is 16.2. The first-order valence-corrected chi connectivity index (χ1v) is 6.75. The lowest BCUT2D eigenvalue weighted by molar-refractivity contribution is -0.134. The summed E-state index contributed by atoms with van der Waals surface area (Å²) in [5.74, 6) is 0.442. The second-order valence-corrected chi connectivity index (χ2v) is 4.94. The topological polar surface area (TPSA) is 20.3 Å². The van der Waals surface area contributed by atoms with E-state index in [1.807, 2.05) is 17.9 Å². The number of benzene rings is 1. The quantitative estimate of drug-likeness (QED) is 0.797. The van der Waals surface area contributed by atoms with E-state index in [1.54, 1.807) is 0 Å². The molecule has 1 amide bonds. The van der Waals surface area contributed by atoms with Crippen molar-refractivity contribution in [3.63, 3.8) is 0 Å². The summed E-state index contributed by atoms with van der Waals surface area (Å²) in [5, 5.41) is 0. The van der Waals surface area contributed by atoms with Crippen LogP contribution in [0.1, 0.15) is 32.3 Å². The summed E-state index contributed by atoms with van der Waals surface area (Å²) in [5.41, 5.74) is 2.65. The van der Waals surface area contributed by atoms with E-state index in [0.29, 0.717) is 5.91 Å². The third-order valence-corrected chi connectivity index (χ3v) is 3.70. The number of rotatable bonds is 3. The molecule has 1 aliphatic rings. The molecule has 0 aromatic heterocycles. The van der Waals surface area contributed by atoms with Crippen LogP contribution in [0.15, 0.2) is 36.4 Å². The maximum Gasteiger partial charge on any atom is 0.225 e. The van der Waals surface area contributed by atoms with Gasteiger partial charge < -0.3 is 4.90 Å².